The maximum absolute atomic E-state index is 11.0. The molecule has 0 saturated heterocycles. The molecule has 0 aliphatic carbocycles. The van der Waals surface area contributed by atoms with Crippen LogP contribution in [-0.2, 0) is 9.53 Å². The van der Waals surface area contributed by atoms with E-state index in [0.717, 1.165) is 6.42 Å². The van der Waals surface area contributed by atoms with Crippen molar-refractivity contribution in [2.24, 2.45) is 0 Å². The quantitative estimate of drug-likeness (QED) is 0.359. The van der Waals surface area contributed by atoms with Gasteiger partial charge >= 0.3 is 5.97 Å². The van der Waals surface area contributed by atoms with E-state index in [2.05, 4.69) is 6.92 Å². The van der Waals surface area contributed by atoms with Crippen molar-refractivity contribution in [2.45, 2.75) is 84.2 Å². The second kappa shape index (κ2) is 20.3. The Bertz CT molecular complexity index is 217. The Balaban J connectivity index is 0. The molecule has 0 aromatic heterocycles. The molecule has 0 unspecified atom stereocenters. The normalized spacial score (nSPS) is 10.3. The fraction of sp³-hybridized carbons (Fsp3) is 0.941. The Hall–Kier alpha value is -0.650. The molecular weight excluding hydrogens is 284 g/mol. The molecule has 0 amide bonds. The van der Waals surface area contributed by atoms with Gasteiger partial charge in [0.2, 0.25) is 0 Å². The highest BCUT2D eigenvalue weighted by Gasteiger charge is 2.00. The molecule has 5 heteroatoms. The van der Waals surface area contributed by atoms with Crippen molar-refractivity contribution < 1.29 is 24.9 Å². The van der Waals surface area contributed by atoms with Crippen LogP contribution in [-0.4, -0.2) is 47.2 Å². The van der Waals surface area contributed by atoms with Gasteiger partial charge in [-0.2, -0.15) is 0 Å². The maximum atomic E-state index is 11.0. The van der Waals surface area contributed by atoms with E-state index in [0.29, 0.717) is 13.0 Å². The first-order valence-corrected chi connectivity index (χ1v) is 8.67. The third-order valence-corrected chi connectivity index (χ3v) is 3.21. The SMILES string of the molecule is CCCCCCCCCCCC(=O)OCC.OCC(O)CO. The molecule has 0 saturated carbocycles. The first kappa shape index (κ1) is 23.6. The summed E-state index contributed by atoms with van der Waals surface area (Å²) in [5.74, 6) is -0.0366. The third-order valence-electron chi connectivity index (χ3n) is 3.21. The van der Waals surface area contributed by atoms with Crippen LogP contribution in [0.3, 0.4) is 0 Å². The van der Waals surface area contributed by atoms with Gasteiger partial charge in [0.05, 0.1) is 19.8 Å². The molecule has 22 heavy (non-hydrogen) atoms. The van der Waals surface area contributed by atoms with E-state index >= 15 is 0 Å². The smallest absolute Gasteiger partial charge is 0.305 e. The van der Waals surface area contributed by atoms with Crippen molar-refractivity contribution in [3.63, 3.8) is 0 Å². The van der Waals surface area contributed by atoms with Gasteiger partial charge in [0.15, 0.2) is 0 Å². The Kier molecular flexibility index (Phi) is 21.8. The summed E-state index contributed by atoms with van der Waals surface area (Å²) < 4.78 is 4.87. The average molecular weight is 320 g/mol. The van der Waals surface area contributed by atoms with E-state index in [4.69, 9.17) is 20.1 Å². The van der Waals surface area contributed by atoms with Crippen LogP contribution in [0, 0.1) is 0 Å². The molecule has 0 radical (unpaired) electrons. The molecule has 3 N–H and O–H groups in total. The van der Waals surface area contributed by atoms with E-state index < -0.39 is 6.10 Å². The zero-order chi connectivity index (χ0) is 17.1. The minimum atomic E-state index is -0.954. The number of unbranched alkanes of at least 4 members (excludes halogenated alkanes) is 8. The lowest BCUT2D eigenvalue weighted by atomic mass is 10.1. The fourth-order valence-corrected chi connectivity index (χ4v) is 1.87. The van der Waals surface area contributed by atoms with Gasteiger partial charge in [0.1, 0.15) is 6.10 Å². The van der Waals surface area contributed by atoms with Crippen LogP contribution in [0.2, 0.25) is 0 Å². The first-order valence-electron chi connectivity index (χ1n) is 8.67. The lowest BCUT2D eigenvalue weighted by Gasteiger charge is -2.02. The summed E-state index contributed by atoms with van der Waals surface area (Å²) >= 11 is 0. The number of ether oxygens (including phenoxy) is 1. The minimum absolute atomic E-state index is 0.0366. The molecule has 0 fully saturated rings. The van der Waals surface area contributed by atoms with E-state index in [1.165, 1.54) is 51.4 Å². The van der Waals surface area contributed by atoms with Crippen LogP contribution in [0.5, 0.6) is 0 Å². The van der Waals surface area contributed by atoms with Crippen molar-refractivity contribution in [3.05, 3.63) is 0 Å². The van der Waals surface area contributed by atoms with Gasteiger partial charge in [0.25, 0.3) is 0 Å². The highest BCUT2D eigenvalue weighted by Crippen LogP contribution is 2.10. The highest BCUT2D eigenvalue weighted by atomic mass is 16.5. The van der Waals surface area contributed by atoms with Gasteiger partial charge in [-0.1, -0.05) is 58.3 Å². The first-order chi connectivity index (χ1) is 10.6. The molecule has 0 rings (SSSR count). The predicted molar refractivity (Wildman–Crippen MR) is 88.7 cm³/mol. The van der Waals surface area contributed by atoms with Gasteiger partial charge in [0, 0.05) is 6.42 Å². The van der Waals surface area contributed by atoms with Crippen LogP contribution in [0.15, 0.2) is 0 Å². The van der Waals surface area contributed by atoms with Crippen LogP contribution < -0.4 is 0 Å². The van der Waals surface area contributed by atoms with Gasteiger partial charge in [-0.05, 0) is 13.3 Å². The highest BCUT2D eigenvalue weighted by molar-refractivity contribution is 5.69. The van der Waals surface area contributed by atoms with Crippen LogP contribution in [0.25, 0.3) is 0 Å². The van der Waals surface area contributed by atoms with Gasteiger partial charge in [-0.25, -0.2) is 0 Å². The largest absolute Gasteiger partial charge is 0.466 e. The summed E-state index contributed by atoms with van der Waals surface area (Å²) in [4.78, 5) is 11.0. The zero-order valence-electron chi connectivity index (χ0n) is 14.4. The summed E-state index contributed by atoms with van der Waals surface area (Å²) in [6.07, 6.45) is 11.2. The van der Waals surface area contributed by atoms with E-state index in [-0.39, 0.29) is 19.2 Å². The number of aliphatic hydroxyl groups excluding tert-OH is 3. The van der Waals surface area contributed by atoms with Crippen LogP contribution in [0.1, 0.15) is 78.1 Å². The molecule has 0 bridgehead atoms. The van der Waals surface area contributed by atoms with Crippen LogP contribution in [0.4, 0.5) is 0 Å². The molecular formula is C17H36O5. The number of hydrogen-bond acceptors (Lipinski definition) is 5. The van der Waals surface area contributed by atoms with Crippen molar-refractivity contribution >= 4 is 5.97 Å². The number of carbonyl (C=O) groups excluding carboxylic acids is 1. The number of rotatable bonds is 13. The molecule has 0 aromatic carbocycles. The Labute approximate surface area is 135 Å². The number of esters is 1. The predicted octanol–water partition coefficient (Wildman–Crippen LogP) is 2.80. The second-order valence-corrected chi connectivity index (χ2v) is 5.40. The summed E-state index contributed by atoms with van der Waals surface area (Å²) in [5.41, 5.74) is 0. The molecule has 0 aliphatic heterocycles. The average Bonchev–Trinajstić information content (AvgIpc) is 2.53. The number of carbonyl (C=O) groups is 1. The summed E-state index contributed by atoms with van der Waals surface area (Å²) in [5, 5.41) is 24.0. The van der Waals surface area contributed by atoms with Crippen molar-refractivity contribution in [3.8, 4) is 0 Å². The van der Waals surface area contributed by atoms with Crippen molar-refractivity contribution in [2.75, 3.05) is 19.8 Å². The number of hydrogen-bond donors (Lipinski definition) is 3. The summed E-state index contributed by atoms with van der Waals surface area (Å²) in [7, 11) is 0. The standard InChI is InChI=1S/C14H28O2.C3H8O3/c1-3-5-6-7-8-9-10-11-12-13-14(15)16-4-2;4-1-3(6)2-5/h3-13H2,1-2H3;3-6H,1-2H2. The molecule has 0 aromatic rings. The summed E-state index contributed by atoms with van der Waals surface area (Å²) in [6, 6.07) is 0. The van der Waals surface area contributed by atoms with Gasteiger partial charge in [-0.15, -0.1) is 0 Å². The Morgan fingerprint density at radius 3 is 1.68 bits per heavy atom. The summed E-state index contributed by atoms with van der Waals surface area (Å²) in [6.45, 7) is 3.88. The van der Waals surface area contributed by atoms with E-state index in [1.54, 1.807) is 0 Å². The Morgan fingerprint density at radius 1 is 0.864 bits per heavy atom. The van der Waals surface area contributed by atoms with E-state index in [1.807, 2.05) is 6.92 Å². The third kappa shape index (κ3) is 21.6. The topological polar surface area (TPSA) is 87.0 Å². The second-order valence-electron chi connectivity index (χ2n) is 5.40. The Morgan fingerprint density at radius 2 is 1.32 bits per heavy atom. The van der Waals surface area contributed by atoms with E-state index in [9.17, 15) is 4.79 Å². The maximum Gasteiger partial charge on any atom is 0.305 e. The minimum Gasteiger partial charge on any atom is -0.466 e. The van der Waals surface area contributed by atoms with Crippen molar-refractivity contribution in [1.82, 2.24) is 0 Å². The molecule has 0 heterocycles. The van der Waals surface area contributed by atoms with Crippen molar-refractivity contribution in [1.29, 1.82) is 0 Å². The number of aliphatic hydroxyl groups is 3. The lowest BCUT2D eigenvalue weighted by Crippen LogP contribution is -2.15. The molecule has 5 nitrogen and oxygen atoms in total. The lowest BCUT2D eigenvalue weighted by molar-refractivity contribution is -0.143. The fourth-order valence-electron chi connectivity index (χ4n) is 1.87. The molecule has 0 spiro atoms. The van der Waals surface area contributed by atoms with Crippen LogP contribution >= 0.6 is 0 Å². The van der Waals surface area contributed by atoms with Gasteiger partial charge in [-0.3, -0.25) is 4.79 Å². The molecule has 0 aliphatic rings. The van der Waals surface area contributed by atoms with Gasteiger partial charge < -0.3 is 20.1 Å². The zero-order valence-corrected chi connectivity index (χ0v) is 14.4. The molecule has 134 valence electrons. The monoisotopic (exact) mass is 320 g/mol. The molecule has 0 atom stereocenters.